The third-order valence-corrected chi connectivity index (χ3v) is 5.85. The lowest BCUT2D eigenvalue weighted by Crippen LogP contribution is -2.55. The van der Waals surface area contributed by atoms with Crippen LogP contribution in [0, 0.1) is 12.8 Å². The van der Waals surface area contributed by atoms with Crippen molar-refractivity contribution in [2.75, 3.05) is 30.4 Å². The van der Waals surface area contributed by atoms with Crippen molar-refractivity contribution < 1.29 is 9.53 Å². The smallest absolute Gasteiger partial charge is 0.277 e. The first-order chi connectivity index (χ1) is 15.0. The molecule has 1 saturated carbocycles. The van der Waals surface area contributed by atoms with Crippen LogP contribution in [0.5, 0.6) is 5.88 Å². The van der Waals surface area contributed by atoms with Gasteiger partial charge in [0.1, 0.15) is 11.5 Å². The van der Waals surface area contributed by atoms with Gasteiger partial charge in [0.25, 0.3) is 11.8 Å². The van der Waals surface area contributed by atoms with Crippen LogP contribution in [0.15, 0.2) is 24.8 Å². The largest absolute Gasteiger partial charge is 0.478 e. The molecule has 31 heavy (non-hydrogen) atoms. The minimum atomic E-state index is -0.381. The number of rotatable bonds is 7. The average Bonchev–Trinajstić information content (AvgIpc) is 3.44. The molecule has 1 saturated heterocycles. The zero-order valence-electron chi connectivity index (χ0n) is 17.9. The number of ether oxygens (including phenoxy) is 1. The first kappa shape index (κ1) is 19.7. The first-order valence-corrected chi connectivity index (χ1v) is 10.5. The molecule has 1 unspecified atom stereocenters. The molecule has 162 valence electrons. The molecule has 10 nitrogen and oxygen atoms in total. The number of fused-ring (bicyclic) bond motifs is 1. The number of nitrogens with one attached hydrogen (secondary N) is 2. The van der Waals surface area contributed by atoms with Crippen LogP contribution in [0.25, 0.3) is 5.65 Å². The van der Waals surface area contributed by atoms with Crippen molar-refractivity contribution in [2.24, 2.45) is 5.92 Å². The van der Waals surface area contributed by atoms with Crippen LogP contribution in [0.1, 0.15) is 35.9 Å². The van der Waals surface area contributed by atoms with E-state index in [-0.39, 0.29) is 11.6 Å². The van der Waals surface area contributed by atoms with E-state index in [0.717, 1.165) is 30.6 Å². The topological polar surface area (TPSA) is 110 Å². The minimum Gasteiger partial charge on any atom is -0.478 e. The number of amides is 1. The molecule has 4 heterocycles. The minimum absolute atomic E-state index is 0.229. The van der Waals surface area contributed by atoms with Gasteiger partial charge in [0, 0.05) is 37.3 Å². The van der Waals surface area contributed by atoms with Gasteiger partial charge >= 0.3 is 0 Å². The molecule has 1 aliphatic carbocycles. The predicted molar refractivity (Wildman–Crippen MR) is 116 cm³/mol. The molecule has 1 amide bonds. The highest BCUT2D eigenvalue weighted by molar-refractivity contribution is 6.02. The van der Waals surface area contributed by atoms with Gasteiger partial charge in [-0.1, -0.05) is 0 Å². The van der Waals surface area contributed by atoms with E-state index in [1.165, 1.54) is 26.1 Å². The van der Waals surface area contributed by atoms with Gasteiger partial charge in [-0.15, -0.1) is 0 Å². The van der Waals surface area contributed by atoms with E-state index in [4.69, 9.17) is 4.74 Å². The Kier molecular flexibility index (Phi) is 4.93. The molecule has 0 radical (unpaired) electrons. The molecule has 1 aliphatic heterocycles. The summed E-state index contributed by atoms with van der Waals surface area (Å²) in [6.45, 7) is 6.04. The van der Waals surface area contributed by atoms with Crippen LogP contribution in [0.2, 0.25) is 0 Å². The van der Waals surface area contributed by atoms with Crippen molar-refractivity contribution in [2.45, 2.75) is 38.8 Å². The maximum absolute atomic E-state index is 12.6. The average molecular weight is 422 g/mol. The molecule has 3 aromatic heterocycles. The highest BCUT2D eigenvalue weighted by atomic mass is 16.5. The van der Waals surface area contributed by atoms with Crippen LogP contribution in [-0.2, 0) is 0 Å². The second-order valence-electron chi connectivity index (χ2n) is 8.36. The van der Waals surface area contributed by atoms with E-state index in [1.54, 1.807) is 16.8 Å². The monoisotopic (exact) mass is 422 g/mol. The highest BCUT2D eigenvalue weighted by Gasteiger charge is 2.34. The molecule has 1 atom stereocenters. The zero-order chi connectivity index (χ0) is 21.5. The maximum atomic E-state index is 12.6. The zero-order valence-corrected chi connectivity index (χ0v) is 17.9. The molecule has 10 heteroatoms. The SMILES string of the molecule is COc1nc(NC(=O)c2cnc(N3CC(C(C)NC4CC4)C3)cn2)cn2cc(C)nc12. The number of hydrogen-bond donors (Lipinski definition) is 2. The second kappa shape index (κ2) is 7.77. The van der Waals surface area contributed by atoms with Gasteiger partial charge in [0.2, 0.25) is 5.65 Å². The van der Waals surface area contributed by atoms with Gasteiger partial charge in [-0.05, 0) is 26.7 Å². The molecular weight excluding hydrogens is 396 g/mol. The van der Waals surface area contributed by atoms with Gasteiger partial charge in [0.15, 0.2) is 5.82 Å². The van der Waals surface area contributed by atoms with Gasteiger partial charge in [-0.3, -0.25) is 9.20 Å². The van der Waals surface area contributed by atoms with Crippen molar-refractivity contribution in [1.82, 2.24) is 29.7 Å². The Morgan fingerprint density at radius 1 is 1.19 bits per heavy atom. The molecule has 3 aromatic rings. The number of nitrogens with zero attached hydrogens (tertiary/aromatic N) is 6. The van der Waals surface area contributed by atoms with Gasteiger partial charge in [0.05, 0.1) is 31.4 Å². The maximum Gasteiger partial charge on any atom is 0.277 e. The van der Waals surface area contributed by atoms with E-state index < -0.39 is 0 Å². The van der Waals surface area contributed by atoms with Crippen molar-refractivity contribution in [3.63, 3.8) is 0 Å². The van der Waals surface area contributed by atoms with Gasteiger partial charge in [-0.2, -0.15) is 4.98 Å². The summed E-state index contributed by atoms with van der Waals surface area (Å²) in [5.41, 5.74) is 1.65. The van der Waals surface area contributed by atoms with Crippen LogP contribution >= 0.6 is 0 Å². The Hall–Kier alpha value is -3.27. The lowest BCUT2D eigenvalue weighted by Gasteiger charge is -2.43. The van der Waals surface area contributed by atoms with Crippen molar-refractivity contribution in [3.05, 3.63) is 36.2 Å². The number of aryl methyl sites for hydroxylation is 1. The summed E-state index contributed by atoms with van der Waals surface area (Å²) in [5, 5.41) is 6.41. The van der Waals surface area contributed by atoms with E-state index in [2.05, 4.69) is 42.4 Å². The molecular formula is C21H26N8O2. The number of methoxy groups -OCH3 is 1. The van der Waals surface area contributed by atoms with Gasteiger partial charge < -0.3 is 20.3 Å². The van der Waals surface area contributed by atoms with Crippen molar-refractivity contribution in [3.8, 4) is 5.88 Å². The fourth-order valence-corrected chi connectivity index (χ4v) is 3.85. The molecule has 2 fully saturated rings. The Bertz CT molecular complexity index is 1100. The van der Waals surface area contributed by atoms with Crippen LogP contribution < -0.4 is 20.3 Å². The first-order valence-electron chi connectivity index (χ1n) is 10.5. The summed E-state index contributed by atoms with van der Waals surface area (Å²) in [6.07, 6.45) is 9.28. The predicted octanol–water partition coefficient (Wildman–Crippen LogP) is 1.67. The highest BCUT2D eigenvalue weighted by Crippen LogP contribution is 2.27. The fraction of sp³-hybridized carbons (Fsp3) is 0.476. The molecule has 5 rings (SSSR count). The summed E-state index contributed by atoms with van der Waals surface area (Å²) >= 11 is 0. The second-order valence-corrected chi connectivity index (χ2v) is 8.36. The standard InChI is InChI=1S/C21H26N8O2/c1-12-8-29-11-17(27-21(31-3)19(29)24-12)26-20(30)16-6-23-18(7-22-16)28-9-14(10-28)13(2)25-15-4-5-15/h6-8,11,13-15,25H,4-5,9-10H2,1-3H3,(H,26,30). The Morgan fingerprint density at radius 2 is 2.00 bits per heavy atom. The molecule has 2 N–H and O–H groups in total. The van der Waals surface area contributed by atoms with Gasteiger partial charge in [-0.25, -0.2) is 15.0 Å². The summed E-state index contributed by atoms with van der Waals surface area (Å²) in [7, 11) is 1.52. The number of imidazole rings is 1. The van der Waals surface area contributed by atoms with Crippen molar-refractivity contribution >= 4 is 23.2 Å². The lowest BCUT2D eigenvalue weighted by atomic mass is 9.92. The van der Waals surface area contributed by atoms with Crippen LogP contribution in [0.3, 0.4) is 0 Å². The normalized spacial score (nSPS) is 17.5. The van der Waals surface area contributed by atoms with Crippen molar-refractivity contribution in [1.29, 1.82) is 0 Å². The number of hydrogen-bond acceptors (Lipinski definition) is 8. The van der Waals surface area contributed by atoms with Crippen LogP contribution in [0.4, 0.5) is 11.6 Å². The molecule has 0 bridgehead atoms. The van der Waals surface area contributed by atoms with Crippen LogP contribution in [-0.4, -0.2) is 62.5 Å². The van der Waals surface area contributed by atoms with E-state index >= 15 is 0 Å². The molecule has 2 aliphatic rings. The fourth-order valence-electron chi connectivity index (χ4n) is 3.85. The Labute approximate surface area is 180 Å². The summed E-state index contributed by atoms with van der Waals surface area (Å²) < 4.78 is 7.06. The third-order valence-electron chi connectivity index (χ3n) is 5.85. The van der Waals surface area contributed by atoms with E-state index in [0.29, 0.717) is 29.3 Å². The number of anilines is 2. The number of carbonyl (C=O) groups excluding carboxylic acids is 1. The summed E-state index contributed by atoms with van der Waals surface area (Å²) in [5.74, 6) is 1.72. The Morgan fingerprint density at radius 3 is 2.68 bits per heavy atom. The molecule has 0 spiro atoms. The third kappa shape index (κ3) is 4.02. The number of aromatic nitrogens is 5. The lowest BCUT2D eigenvalue weighted by molar-refractivity contribution is 0.102. The molecule has 0 aromatic carbocycles. The number of carbonyl (C=O) groups is 1. The Balaban J connectivity index is 1.22. The summed E-state index contributed by atoms with van der Waals surface area (Å²) in [4.78, 5) is 32.2. The van der Waals surface area contributed by atoms with E-state index in [9.17, 15) is 4.79 Å². The quantitative estimate of drug-likeness (QED) is 0.592. The van der Waals surface area contributed by atoms with E-state index in [1.807, 2.05) is 13.1 Å². The summed E-state index contributed by atoms with van der Waals surface area (Å²) in [6, 6.07) is 1.23.